The Morgan fingerprint density at radius 2 is 1.97 bits per heavy atom. The fraction of sp³-hybridized carbons (Fsp3) is 0.304. The summed E-state index contributed by atoms with van der Waals surface area (Å²) in [4.78, 5) is 10.9. The Labute approximate surface area is 181 Å². The SMILES string of the molecule is CCN(c1ccc2ncnc(NC)c2c1)C(/C(N)=C/N(N)C1CC1)c1ccc(F)cc1. The first kappa shape index (κ1) is 20.9. The first-order valence-electron chi connectivity index (χ1n) is 10.5. The number of likely N-dealkylation sites (N-methyl/N-ethyl adjacent to an activating group) is 1. The summed E-state index contributed by atoms with van der Waals surface area (Å²) in [6.07, 6.45) is 5.48. The van der Waals surface area contributed by atoms with E-state index in [0.29, 0.717) is 18.3 Å². The second kappa shape index (κ2) is 8.77. The zero-order valence-electron chi connectivity index (χ0n) is 17.8. The van der Waals surface area contributed by atoms with E-state index >= 15 is 0 Å². The van der Waals surface area contributed by atoms with Crippen LogP contribution in [0, 0.1) is 5.82 Å². The van der Waals surface area contributed by atoms with E-state index in [2.05, 4.69) is 33.2 Å². The van der Waals surface area contributed by atoms with Crippen LogP contribution in [0.3, 0.4) is 0 Å². The number of hydrazine groups is 1. The van der Waals surface area contributed by atoms with Crippen molar-refractivity contribution >= 4 is 22.4 Å². The molecule has 31 heavy (non-hydrogen) atoms. The Hall–Kier alpha value is -3.39. The fourth-order valence-electron chi connectivity index (χ4n) is 3.85. The van der Waals surface area contributed by atoms with Crippen molar-refractivity contribution in [3.8, 4) is 0 Å². The van der Waals surface area contributed by atoms with Crippen molar-refractivity contribution < 1.29 is 4.39 Å². The number of hydrogen-bond acceptors (Lipinski definition) is 7. The van der Waals surface area contributed by atoms with Crippen LogP contribution in [0.4, 0.5) is 15.9 Å². The molecule has 7 nitrogen and oxygen atoms in total. The molecule has 0 radical (unpaired) electrons. The van der Waals surface area contributed by atoms with Gasteiger partial charge >= 0.3 is 0 Å². The van der Waals surface area contributed by atoms with Crippen molar-refractivity contribution in [3.05, 3.63) is 72.1 Å². The smallest absolute Gasteiger partial charge is 0.137 e. The lowest BCUT2D eigenvalue weighted by atomic mass is 10.0. The van der Waals surface area contributed by atoms with E-state index in [-0.39, 0.29) is 11.9 Å². The van der Waals surface area contributed by atoms with Gasteiger partial charge in [0.25, 0.3) is 0 Å². The molecule has 1 heterocycles. The molecule has 2 aromatic carbocycles. The van der Waals surface area contributed by atoms with E-state index in [1.807, 2.05) is 19.2 Å². The van der Waals surface area contributed by atoms with Gasteiger partial charge in [0.15, 0.2) is 0 Å². The summed E-state index contributed by atoms with van der Waals surface area (Å²) in [5.74, 6) is 6.66. The van der Waals surface area contributed by atoms with Gasteiger partial charge in [-0.1, -0.05) is 12.1 Å². The van der Waals surface area contributed by atoms with Crippen molar-refractivity contribution in [3.63, 3.8) is 0 Å². The first-order valence-corrected chi connectivity index (χ1v) is 10.5. The number of anilines is 2. The van der Waals surface area contributed by atoms with E-state index in [4.69, 9.17) is 11.6 Å². The maximum Gasteiger partial charge on any atom is 0.137 e. The molecule has 162 valence electrons. The van der Waals surface area contributed by atoms with Gasteiger partial charge in [-0.3, -0.25) is 0 Å². The third kappa shape index (κ3) is 4.39. The Morgan fingerprint density at radius 3 is 2.61 bits per heavy atom. The lowest BCUT2D eigenvalue weighted by molar-refractivity contribution is 0.377. The van der Waals surface area contributed by atoms with Crippen molar-refractivity contribution in [1.82, 2.24) is 15.0 Å². The molecule has 0 saturated heterocycles. The maximum atomic E-state index is 13.6. The number of hydrogen-bond donors (Lipinski definition) is 3. The number of rotatable bonds is 8. The fourth-order valence-corrected chi connectivity index (χ4v) is 3.85. The van der Waals surface area contributed by atoms with Crippen molar-refractivity contribution in [2.75, 3.05) is 23.8 Å². The summed E-state index contributed by atoms with van der Waals surface area (Å²) >= 11 is 0. The predicted octanol–water partition coefficient (Wildman–Crippen LogP) is 3.52. The predicted molar refractivity (Wildman–Crippen MR) is 123 cm³/mol. The average Bonchev–Trinajstić information content (AvgIpc) is 3.63. The average molecular weight is 422 g/mol. The standard InChI is InChI=1S/C23H28FN7/c1-3-30(18-10-11-21-19(12-18)23(27-2)29-14-28-21)22(15-4-6-16(24)7-5-15)20(25)13-31(26)17-8-9-17/h4-7,10-14,17,22H,3,8-9,25-26H2,1-2H3,(H,27,28,29)/b20-13-. The number of nitrogens with one attached hydrogen (secondary N) is 1. The Morgan fingerprint density at radius 1 is 1.23 bits per heavy atom. The number of benzene rings is 2. The third-order valence-electron chi connectivity index (χ3n) is 5.61. The highest BCUT2D eigenvalue weighted by Crippen LogP contribution is 2.34. The molecule has 0 bridgehead atoms. The van der Waals surface area contributed by atoms with Gasteiger partial charge < -0.3 is 21.0 Å². The van der Waals surface area contributed by atoms with Gasteiger partial charge in [-0.2, -0.15) is 0 Å². The summed E-state index contributed by atoms with van der Waals surface area (Å²) in [5, 5.41) is 5.72. The van der Waals surface area contributed by atoms with Gasteiger partial charge in [0, 0.05) is 36.9 Å². The number of halogens is 1. The number of nitrogens with zero attached hydrogens (tertiary/aromatic N) is 4. The molecule has 1 aliphatic rings. The maximum absolute atomic E-state index is 13.6. The van der Waals surface area contributed by atoms with Gasteiger partial charge in [-0.15, -0.1) is 0 Å². The summed E-state index contributed by atoms with van der Waals surface area (Å²) < 4.78 is 13.6. The zero-order chi connectivity index (χ0) is 22.0. The van der Waals surface area contributed by atoms with Gasteiger partial charge in [0.2, 0.25) is 0 Å². The minimum atomic E-state index is -0.310. The molecule has 1 aromatic heterocycles. The highest BCUT2D eigenvalue weighted by atomic mass is 19.1. The van der Waals surface area contributed by atoms with E-state index in [1.165, 1.54) is 12.1 Å². The second-order valence-corrected chi connectivity index (χ2v) is 7.72. The Bertz CT molecular complexity index is 1080. The van der Waals surface area contributed by atoms with Gasteiger partial charge in [0.1, 0.15) is 18.0 Å². The zero-order valence-corrected chi connectivity index (χ0v) is 17.8. The van der Waals surface area contributed by atoms with Gasteiger partial charge in [-0.05, 0) is 55.7 Å². The minimum Gasteiger partial charge on any atom is -0.399 e. The molecule has 0 aliphatic heterocycles. The Balaban J connectivity index is 1.79. The van der Waals surface area contributed by atoms with Crippen molar-refractivity contribution in [1.29, 1.82) is 0 Å². The lowest BCUT2D eigenvalue weighted by Crippen LogP contribution is -2.35. The van der Waals surface area contributed by atoms with E-state index in [1.54, 1.807) is 29.7 Å². The van der Waals surface area contributed by atoms with Crippen LogP contribution in [0.5, 0.6) is 0 Å². The van der Waals surface area contributed by atoms with Crippen LogP contribution < -0.4 is 21.8 Å². The molecule has 0 amide bonds. The molecular weight excluding hydrogens is 393 g/mol. The van der Waals surface area contributed by atoms with Crippen LogP contribution in [-0.2, 0) is 0 Å². The molecule has 0 spiro atoms. The largest absolute Gasteiger partial charge is 0.399 e. The Kier molecular flexibility index (Phi) is 5.90. The molecule has 3 aromatic rings. The number of aromatic nitrogens is 2. The van der Waals surface area contributed by atoms with Crippen LogP contribution in [0.2, 0.25) is 0 Å². The normalized spacial score (nSPS) is 15.0. The first-order chi connectivity index (χ1) is 15.0. The molecule has 5 N–H and O–H groups in total. The summed E-state index contributed by atoms with van der Waals surface area (Å²) in [6.45, 7) is 2.74. The molecule has 1 saturated carbocycles. The molecule has 1 aliphatic carbocycles. The third-order valence-corrected chi connectivity index (χ3v) is 5.61. The molecule has 1 unspecified atom stereocenters. The van der Waals surface area contributed by atoms with E-state index in [9.17, 15) is 4.39 Å². The quantitative estimate of drug-likeness (QED) is 0.378. The van der Waals surface area contributed by atoms with Crippen molar-refractivity contribution in [2.45, 2.75) is 31.8 Å². The topological polar surface area (TPSA) is 96.3 Å². The van der Waals surface area contributed by atoms with Crippen LogP contribution >= 0.6 is 0 Å². The molecule has 4 rings (SSSR count). The van der Waals surface area contributed by atoms with Crippen LogP contribution in [0.25, 0.3) is 10.9 Å². The summed E-state index contributed by atoms with van der Waals surface area (Å²) in [6, 6.07) is 12.5. The van der Waals surface area contributed by atoms with E-state index in [0.717, 1.165) is 40.8 Å². The van der Waals surface area contributed by atoms with Crippen LogP contribution in [-0.4, -0.2) is 34.6 Å². The monoisotopic (exact) mass is 421 g/mol. The lowest BCUT2D eigenvalue weighted by Gasteiger charge is -2.34. The molecule has 1 atom stereocenters. The molecule has 8 heteroatoms. The number of fused-ring (bicyclic) bond motifs is 1. The van der Waals surface area contributed by atoms with E-state index < -0.39 is 0 Å². The van der Waals surface area contributed by atoms with Crippen molar-refractivity contribution in [2.24, 2.45) is 11.6 Å². The van der Waals surface area contributed by atoms with Crippen LogP contribution in [0.15, 0.2) is 60.7 Å². The molecule has 1 fully saturated rings. The summed E-state index contributed by atoms with van der Waals surface area (Å²) in [5.41, 5.74) is 9.90. The minimum absolute atomic E-state index is 0.284. The molecular formula is C23H28FN7. The van der Waals surface area contributed by atoms with Gasteiger partial charge in [-0.25, -0.2) is 20.2 Å². The van der Waals surface area contributed by atoms with Crippen LogP contribution in [0.1, 0.15) is 31.4 Å². The highest BCUT2D eigenvalue weighted by Gasteiger charge is 2.28. The number of nitrogens with two attached hydrogens (primary N) is 2. The second-order valence-electron chi connectivity index (χ2n) is 7.72. The highest BCUT2D eigenvalue weighted by molar-refractivity contribution is 5.91. The summed E-state index contributed by atoms with van der Waals surface area (Å²) in [7, 11) is 1.84. The van der Waals surface area contributed by atoms with Gasteiger partial charge in [0.05, 0.1) is 17.3 Å².